The van der Waals surface area contributed by atoms with Crippen molar-refractivity contribution in [1.82, 2.24) is 9.55 Å². The molecule has 0 bridgehead atoms. The molecule has 2 N–H and O–H groups in total. The molecular formula is C9H15N3. The van der Waals surface area contributed by atoms with Crippen LogP contribution in [0.4, 0.5) is 0 Å². The van der Waals surface area contributed by atoms with Crippen molar-refractivity contribution in [2.24, 2.45) is 5.73 Å². The van der Waals surface area contributed by atoms with Gasteiger partial charge in [0.2, 0.25) is 0 Å². The monoisotopic (exact) mass is 165 g/mol. The van der Waals surface area contributed by atoms with Gasteiger partial charge in [0, 0.05) is 25.2 Å². The lowest BCUT2D eigenvalue weighted by atomic mass is 10.2. The zero-order chi connectivity index (χ0) is 8.55. The van der Waals surface area contributed by atoms with E-state index in [-0.39, 0.29) is 6.04 Å². The topological polar surface area (TPSA) is 43.8 Å². The fourth-order valence-corrected chi connectivity index (χ4v) is 1.65. The summed E-state index contributed by atoms with van der Waals surface area (Å²) in [6, 6.07) is 0.0723. The molecule has 1 aromatic heterocycles. The number of aryl methyl sites for hydroxylation is 2. The van der Waals surface area contributed by atoms with Crippen LogP contribution in [0.2, 0.25) is 0 Å². The van der Waals surface area contributed by atoms with Crippen molar-refractivity contribution in [2.75, 3.05) is 0 Å². The van der Waals surface area contributed by atoms with Gasteiger partial charge in [-0.15, -0.1) is 0 Å². The van der Waals surface area contributed by atoms with Gasteiger partial charge in [0.25, 0.3) is 0 Å². The third kappa shape index (κ3) is 1.25. The van der Waals surface area contributed by atoms with Gasteiger partial charge in [0.15, 0.2) is 0 Å². The minimum absolute atomic E-state index is 0.0723. The van der Waals surface area contributed by atoms with Crippen LogP contribution in [0.25, 0.3) is 0 Å². The number of hydrogen-bond acceptors (Lipinski definition) is 2. The van der Waals surface area contributed by atoms with Crippen molar-refractivity contribution < 1.29 is 0 Å². The summed E-state index contributed by atoms with van der Waals surface area (Å²) in [4.78, 5) is 4.49. The Bertz CT molecular complexity index is 252. The molecular weight excluding hydrogens is 150 g/mol. The molecule has 1 aliphatic heterocycles. The molecule has 0 saturated carbocycles. The predicted molar refractivity (Wildman–Crippen MR) is 47.8 cm³/mol. The second-order valence-corrected chi connectivity index (χ2v) is 3.52. The van der Waals surface area contributed by atoms with Crippen molar-refractivity contribution in [2.45, 2.75) is 38.8 Å². The van der Waals surface area contributed by atoms with Crippen LogP contribution in [-0.4, -0.2) is 9.55 Å². The number of hydrogen-bond donors (Lipinski definition) is 1. The van der Waals surface area contributed by atoms with Crippen LogP contribution in [0.1, 0.15) is 37.3 Å². The fraction of sp³-hybridized carbons (Fsp3) is 0.667. The number of nitrogens with two attached hydrogens (primary N) is 1. The summed E-state index contributed by atoms with van der Waals surface area (Å²) in [6.07, 6.45) is 5.77. The number of fused-ring (bicyclic) bond motifs is 1. The van der Waals surface area contributed by atoms with E-state index in [2.05, 4.69) is 15.7 Å². The first-order chi connectivity index (χ1) is 5.77. The highest BCUT2D eigenvalue weighted by atomic mass is 15.1. The predicted octanol–water partition coefficient (Wildman–Crippen LogP) is 1.24. The van der Waals surface area contributed by atoms with Gasteiger partial charge in [0.05, 0.1) is 5.69 Å². The van der Waals surface area contributed by atoms with Gasteiger partial charge in [-0.25, -0.2) is 4.98 Å². The molecule has 66 valence electrons. The zero-order valence-corrected chi connectivity index (χ0v) is 7.45. The lowest BCUT2D eigenvalue weighted by molar-refractivity contribution is 0.522. The Morgan fingerprint density at radius 2 is 2.42 bits per heavy atom. The van der Waals surface area contributed by atoms with Gasteiger partial charge in [-0.1, -0.05) is 0 Å². The Morgan fingerprint density at radius 1 is 1.58 bits per heavy atom. The minimum Gasteiger partial charge on any atom is -0.335 e. The van der Waals surface area contributed by atoms with Crippen molar-refractivity contribution in [3.8, 4) is 0 Å². The normalized spacial score (nSPS) is 18.8. The first-order valence-electron chi connectivity index (χ1n) is 4.59. The van der Waals surface area contributed by atoms with E-state index in [9.17, 15) is 0 Å². The van der Waals surface area contributed by atoms with Crippen LogP contribution in [0, 0.1) is 0 Å². The summed E-state index contributed by atoms with van der Waals surface area (Å²) in [5.41, 5.74) is 6.78. The van der Waals surface area contributed by atoms with Gasteiger partial charge >= 0.3 is 0 Å². The SMILES string of the molecule is C[C@@H](N)c1cn2c(n1)CCCC2. The molecule has 1 aromatic rings. The third-order valence-corrected chi connectivity index (χ3v) is 2.39. The molecule has 2 heterocycles. The van der Waals surface area contributed by atoms with Gasteiger partial charge in [-0.3, -0.25) is 0 Å². The van der Waals surface area contributed by atoms with Gasteiger partial charge in [0.1, 0.15) is 5.82 Å². The van der Waals surface area contributed by atoms with E-state index in [1.165, 1.54) is 18.7 Å². The Hall–Kier alpha value is -0.830. The minimum atomic E-state index is 0.0723. The summed E-state index contributed by atoms with van der Waals surface area (Å²) in [5.74, 6) is 1.22. The molecule has 0 amide bonds. The van der Waals surface area contributed by atoms with Crippen molar-refractivity contribution in [3.63, 3.8) is 0 Å². The number of aromatic nitrogens is 2. The summed E-state index contributed by atoms with van der Waals surface area (Å²) < 4.78 is 2.24. The van der Waals surface area contributed by atoms with E-state index in [1.807, 2.05) is 6.92 Å². The van der Waals surface area contributed by atoms with Crippen molar-refractivity contribution in [1.29, 1.82) is 0 Å². The Morgan fingerprint density at radius 3 is 3.08 bits per heavy atom. The van der Waals surface area contributed by atoms with E-state index in [4.69, 9.17) is 5.73 Å². The smallest absolute Gasteiger partial charge is 0.109 e. The van der Waals surface area contributed by atoms with Crippen LogP contribution < -0.4 is 5.73 Å². The maximum Gasteiger partial charge on any atom is 0.109 e. The van der Waals surface area contributed by atoms with E-state index in [0.29, 0.717) is 0 Å². The van der Waals surface area contributed by atoms with E-state index in [1.54, 1.807) is 0 Å². The van der Waals surface area contributed by atoms with Crippen LogP contribution >= 0.6 is 0 Å². The van der Waals surface area contributed by atoms with E-state index < -0.39 is 0 Å². The molecule has 3 nitrogen and oxygen atoms in total. The molecule has 0 saturated heterocycles. The van der Waals surface area contributed by atoms with Crippen LogP contribution in [0.5, 0.6) is 0 Å². The maximum absolute atomic E-state index is 5.75. The first kappa shape index (κ1) is 7.80. The second-order valence-electron chi connectivity index (χ2n) is 3.52. The first-order valence-corrected chi connectivity index (χ1v) is 4.59. The van der Waals surface area contributed by atoms with Crippen molar-refractivity contribution in [3.05, 3.63) is 17.7 Å². The Balaban J connectivity index is 2.32. The largest absolute Gasteiger partial charge is 0.335 e. The molecule has 1 atom stereocenters. The second kappa shape index (κ2) is 2.90. The maximum atomic E-state index is 5.75. The molecule has 3 heteroatoms. The summed E-state index contributed by atoms with van der Waals surface area (Å²) in [5, 5.41) is 0. The highest BCUT2D eigenvalue weighted by molar-refractivity contribution is 5.09. The average molecular weight is 165 g/mol. The van der Waals surface area contributed by atoms with Gasteiger partial charge in [-0.05, 0) is 19.8 Å². The number of rotatable bonds is 1. The Kier molecular flexibility index (Phi) is 1.89. The molecule has 2 rings (SSSR count). The van der Waals surface area contributed by atoms with E-state index in [0.717, 1.165) is 18.7 Å². The van der Waals surface area contributed by atoms with E-state index >= 15 is 0 Å². The molecule has 0 spiro atoms. The molecule has 0 unspecified atom stereocenters. The molecule has 0 aliphatic carbocycles. The summed E-state index contributed by atoms with van der Waals surface area (Å²) >= 11 is 0. The van der Waals surface area contributed by atoms with Crippen LogP contribution in [-0.2, 0) is 13.0 Å². The lowest BCUT2D eigenvalue weighted by Crippen LogP contribution is -2.08. The van der Waals surface area contributed by atoms with Gasteiger partial charge < -0.3 is 10.3 Å². The highest BCUT2D eigenvalue weighted by Crippen LogP contribution is 2.16. The molecule has 0 radical (unpaired) electrons. The molecule has 1 aliphatic rings. The summed E-state index contributed by atoms with van der Waals surface area (Å²) in [7, 11) is 0. The molecule has 12 heavy (non-hydrogen) atoms. The number of nitrogens with zero attached hydrogens (tertiary/aromatic N) is 2. The zero-order valence-electron chi connectivity index (χ0n) is 7.45. The highest BCUT2D eigenvalue weighted by Gasteiger charge is 2.13. The third-order valence-electron chi connectivity index (χ3n) is 2.39. The quantitative estimate of drug-likeness (QED) is 0.680. The summed E-state index contributed by atoms with van der Waals surface area (Å²) in [6.45, 7) is 3.10. The standard InChI is InChI=1S/C9H15N3/c1-7(10)8-6-12-5-3-2-4-9(12)11-8/h6-7H,2-5,10H2,1H3/t7-/m1/s1. The average Bonchev–Trinajstić information content (AvgIpc) is 2.46. The molecule has 0 aromatic carbocycles. The van der Waals surface area contributed by atoms with Gasteiger partial charge in [-0.2, -0.15) is 0 Å². The fourth-order valence-electron chi connectivity index (χ4n) is 1.65. The number of imidazole rings is 1. The molecule has 0 fully saturated rings. The lowest BCUT2D eigenvalue weighted by Gasteiger charge is -2.11. The van der Waals surface area contributed by atoms with Crippen LogP contribution in [0.3, 0.4) is 0 Å². The Labute approximate surface area is 72.6 Å². The van der Waals surface area contributed by atoms with Crippen molar-refractivity contribution >= 4 is 0 Å². The van der Waals surface area contributed by atoms with Crippen LogP contribution in [0.15, 0.2) is 6.20 Å².